The molecule has 0 N–H and O–H groups in total. The monoisotopic (exact) mass is 241 g/mol. The predicted octanol–water partition coefficient (Wildman–Crippen LogP) is 2.17. The zero-order valence-electron chi connectivity index (χ0n) is 10.5. The number of ether oxygens (including phenoxy) is 2. The molecule has 0 saturated heterocycles. The van der Waals surface area contributed by atoms with Crippen LogP contribution in [0.15, 0.2) is 24.3 Å². The lowest BCUT2D eigenvalue weighted by molar-refractivity contribution is 0.116. The summed E-state index contributed by atoms with van der Waals surface area (Å²) in [4.78, 5) is 2.14. The molecule has 0 heterocycles. The molecule has 0 bridgehead atoms. The number of benzene rings is 1. The number of hydrogen-bond donors (Lipinski definition) is 0. The van der Waals surface area contributed by atoms with Gasteiger partial charge < -0.3 is 14.4 Å². The van der Waals surface area contributed by atoms with Crippen LogP contribution in [0.1, 0.15) is 6.92 Å². The van der Waals surface area contributed by atoms with Crippen molar-refractivity contribution in [2.24, 2.45) is 0 Å². The normalized spacial score (nSPS) is 10.8. The van der Waals surface area contributed by atoms with Gasteiger partial charge in [0.25, 0.3) is 0 Å². The molecule has 3 nitrogen and oxygen atoms in total. The number of hydrogen-bond acceptors (Lipinski definition) is 3. The first-order valence-electron chi connectivity index (χ1n) is 5.87. The Balaban J connectivity index is 2.12. The van der Waals surface area contributed by atoms with E-state index in [2.05, 4.69) is 4.90 Å². The average Bonchev–Trinajstić information content (AvgIpc) is 2.32. The van der Waals surface area contributed by atoms with Gasteiger partial charge in [-0.2, -0.15) is 0 Å². The first-order chi connectivity index (χ1) is 8.22. The van der Waals surface area contributed by atoms with Gasteiger partial charge in [0.05, 0.1) is 6.61 Å². The van der Waals surface area contributed by atoms with Crippen LogP contribution in [0.4, 0.5) is 4.39 Å². The molecule has 0 aliphatic rings. The molecule has 17 heavy (non-hydrogen) atoms. The van der Waals surface area contributed by atoms with Crippen LogP contribution < -0.4 is 4.74 Å². The number of halogens is 1. The maximum atomic E-state index is 12.6. The highest BCUT2D eigenvalue weighted by molar-refractivity contribution is 5.21. The molecule has 0 amide bonds. The van der Waals surface area contributed by atoms with E-state index in [4.69, 9.17) is 9.47 Å². The minimum absolute atomic E-state index is 0.244. The van der Waals surface area contributed by atoms with Gasteiger partial charge >= 0.3 is 0 Å². The van der Waals surface area contributed by atoms with Gasteiger partial charge in [-0.1, -0.05) is 0 Å². The summed E-state index contributed by atoms with van der Waals surface area (Å²) in [5, 5.41) is 0. The van der Waals surface area contributed by atoms with E-state index in [1.54, 1.807) is 12.1 Å². The van der Waals surface area contributed by atoms with Gasteiger partial charge in [0.15, 0.2) is 0 Å². The number of likely N-dealkylation sites (N-methyl/N-ethyl adjacent to an activating group) is 1. The Labute approximate surface area is 102 Å². The summed E-state index contributed by atoms with van der Waals surface area (Å²) in [5.74, 6) is 0.454. The van der Waals surface area contributed by atoms with Gasteiger partial charge in [-0.3, -0.25) is 0 Å². The van der Waals surface area contributed by atoms with E-state index >= 15 is 0 Å². The molecule has 96 valence electrons. The first kappa shape index (κ1) is 13.9. The Hall–Kier alpha value is -1.13. The van der Waals surface area contributed by atoms with Crippen LogP contribution in [0.25, 0.3) is 0 Å². The summed E-state index contributed by atoms with van der Waals surface area (Å²) in [6.45, 7) is 5.78. The average molecular weight is 241 g/mol. The number of rotatable bonds is 8. The van der Waals surface area contributed by atoms with Crippen molar-refractivity contribution < 1.29 is 13.9 Å². The van der Waals surface area contributed by atoms with Crippen molar-refractivity contribution in [1.29, 1.82) is 0 Å². The van der Waals surface area contributed by atoms with Gasteiger partial charge in [-0.05, 0) is 38.2 Å². The zero-order chi connectivity index (χ0) is 12.5. The molecule has 0 radical (unpaired) electrons. The first-order valence-corrected chi connectivity index (χ1v) is 5.87. The lowest BCUT2D eigenvalue weighted by Crippen LogP contribution is -2.27. The highest BCUT2D eigenvalue weighted by atomic mass is 19.1. The Kier molecular flexibility index (Phi) is 6.58. The molecule has 0 atom stereocenters. The summed E-state index contributed by atoms with van der Waals surface area (Å²) in [6.07, 6.45) is 0. The van der Waals surface area contributed by atoms with Crippen LogP contribution in [0.5, 0.6) is 5.75 Å². The highest BCUT2D eigenvalue weighted by Gasteiger charge is 1.99. The lowest BCUT2D eigenvalue weighted by Gasteiger charge is -2.16. The minimum Gasteiger partial charge on any atom is -0.492 e. The van der Waals surface area contributed by atoms with Crippen LogP contribution >= 0.6 is 0 Å². The van der Waals surface area contributed by atoms with E-state index < -0.39 is 0 Å². The van der Waals surface area contributed by atoms with Crippen LogP contribution in [0.3, 0.4) is 0 Å². The second-order valence-corrected chi connectivity index (χ2v) is 3.80. The largest absolute Gasteiger partial charge is 0.492 e. The zero-order valence-corrected chi connectivity index (χ0v) is 10.5. The van der Waals surface area contributed by atoms with Crippen LogP contribution in [-0.4, -0.2) is 44.9 Å². The molecule has 0 saturated carbocycles. The molecular formula is C13H20FNO2. The van der Waals surface area contributed by atoms with E-state index in [9.17, 15) is 4.39 Å². The summed E-state index contributed by atoms with van der Waals surface area (Å²) in [5.41, 5.74) is 0. The Morgan fingerprint density at radius 1 is 1.12 bits per heavy atom. The van der Waals surface area contributed by atoms with Gasteiger partial charge in [0, 0.05) is 19.7 Å². The van der Waals surface area contributed by atoms with Crippen molar-refractivity contribution >= 4 is 0 Å². The molecule has 0 spiro atoms. The van der Waals surface area contributed by atoms with Gasteiger partial charge in [-0.15, -0.1) is 0 Å². The van der Waals surface area contributed by atoms with E-state index in [0.29, 0.717) is 12.4 Å². The highest BCUT2D eigenvalue weighted by Crippen LogP contribution is 2.10. The van der Waals surface area contributed by atoms with Crippen molar-refractivity contribution in [3.8, 4) is 5.75 Å². The van der Waals surface area contributed by atoms with Gasteiger partial charge in [-0.25, -0.2) is 4.39 Å². The molecule has 1 aromatic carbocycles. The summed E-state index contributed by atoms with van der Waals surface area (Å²) >= 11 is 0. The van der Waals surface area contributed by atoms with Crippen LogP contribution in [0, 0.1) is 5.82 Å². The SMILES string of the molecule is CCOCCN(C)CCOc1ccc(F)cc1. The third-order valence-corrected chi connectivity index (χ3v) is 2.38. The second kappa shape index (κ2) is 8.03. The van der Waals surface area contributed by atoms with Gasteiger partial charge in [0.1, 0.15) is 18.2 Å². The van der Waals surface area contributed by atoms with Crippen molar-refractivity contribution in [1.82, 2.24) is 4.90 Å². The van der Waals surface area contributed by atoms with E-state index in [1.165, 1.54) is 12.1 Å². The molecule has 1 rings (SSSR count). The Morgan fingerprint density at radius 2 is 1.76 bits per heavy atom. The molecule has 0 unspecified atom stereocenters. The predicted molar refractivity (Wildman–Crippen MR) is 65.9 cm³/mol. The fourth-order valence-electron chi connectivity index (χ4n) is 1.33. The smallest absolute Gasteiger partial charge is 0.123 e. The van der Waals surface area contributed by atoms with Crippen molar-refractivity contribution in [2.75, 3.05) is 40.0 Å². The number of nitrogens with zero attached hydrogens (tertiary/aromatic N) is 1. The molecule has 0 aliphatic heterocycles. The molecule has 0 fully saturated rings. The molecule has 1 aromatic rings. The molecular weight excluding hydrogens is 221 g/mol. The summed E-state index contributed by atoms with van der Waals surface area (Å²) < 4.78 is 23.4. The second-order valence-electron chi connectivity index (χ2n) is 3.80. The fourth-order valence-corrected chi connectivity index (χ4v) is 1.33. The Morgan fingerprint density at radius 3 is 2.41 bits per heavy atom. The summed E-state index contributed by atoms with van der Waals surface area (Å²) in [7, 11) is 2.02. The fraction of sp³-hybridized carbons (Fsp3) is 0.538. The van der Waals surface area contributed by atoms with Crippen molar-refractivity contribution in [3.05, 3.63) is 30.1 Å². The van der Waals surface area contributed by atoms with Crippen LogP contribution in [0.2, 0.25) is 0 Å². The summed E-state index contributed by atoms with van der Waals surface area (Å²) in [6, 6.07) is 6.06. The van der Waals surface area contributed by atoms with Crippen molar-refractivity contribution in [2.45, 2.75) is 6.92 Å². The lowest BCUT2D eigenvalue weighted by atomic mass is 10.3. The molecule has 0 aromatic heterocycles. The van der Waals surface area contributed by atoms with E-state index in [-0.39, 0.29) is 5.82 Å². The maximum absolute atomic E-state index is 12.6. The van der Waals surface area contributed by atoms with E-state index in [0.717, 1.165) is 26.3 Å². The Bertz CT molecular complexity index is 303. The minimum atomic E-state index is -0.244. The standard InChI is InChI=1S/C13H20FNO2/c1-3-16-10-8-15(2)9-11-17-13-6-4-12(14)5-7-13/h4-7H,3,8-11H2,1-2H3. The van der Waals surface area contributed by atoms with E-state index in [1.807, 2.05) is 14.0 Å². The molecule has 0 aliphatic carbocycles. The van der Waals surface area contributed by atoms with Crippen molar-refractivity contribution in [3.63, 3.8) is 0 Å². The van der Waals surface area contributed by atoms with Crippen LogP contribution in [-0.2, 0) is 4.74 Å². The van der Waals surface area contributed by atoms with Gasteiger partial charge in [0.2, 0.25) is 0 Å². The topological polar surface area (TPSA) is 21.7 Å². The molecule has 4 heteroatoms. The maximum Gasteiger partial charge on any atom is 0.123 e. The third-order valence-electron chi connectivity index (χ3n) is 2.38. The quantitative estimate of drug-likeness (QED) is 0.651. The third kappa shape index (κ3) is 6.24.